The molecule has 2 saturated heterocycles. The van der Waals surface area contributed by atoms with Crippen LogP contribution >= 0.6 is 0 Å². The molecule has 19 heavy (non-hydrogen) atoms. The number of nitrogens with one attached hydrogen (secondary N) is 1. The molecule has 2 fully saturated rings. The van der Waals surface area contributed by atoms with E-state index in [-0.39, 0.29) is 0 Å². The van der Waals surface area contributed by atoms with Crippen LogP contribution in [0.5, 0.6) is 0 Å². The van der Waals surface area contributed by atoms with Gasteiger partial charge in [0, 0.05) is 38.8 Å². The van der Waals surface area contributed by atoms with Gasteiger partial charge in [0.1, 0.15) is 5.82 Å². The molecular formula is C14H23N5. The molecule has 2 atom stereocenters. The quantitative estimate of drug-likeness (QED) is 0.885. The average molecular weight is 261 g/mol. The van der Waals surface area contributed by atoms with E-state index in [2.05, 4.69) is 32.0 Å². The summed E-state index contributed by atoms with van der Waals surface area (Å²) in [5.74, 6) is 0.831. The van der Waals surface area contributed by atoms with Gasteiger partial charge in [-0.05, 0) is 26.3 Å². The summed E-state index contributed by atoms with van der Waals surface area (Å²) in [5.41, 5.74) is 1.07. The minimum atomic E-state index is 0.611. The molecule has 2 aliphatic heterocycles. The lowest BCUT2D eigenvalue weighted by Gasteiger charge is -2.42. The zero-order valence-corrected chi connectivity index (χ0v) is 11.8. The molecule has 5 nitrogen and oxygen atoms in total. The molecule has 0 saturated carbocycles. The first-order valence-electron chi connectivity index (χ1n) is 7.23. The molecule has 5 heteroatoms. The van der Waals surface area contributed by atoms with Crippen molar-refractivity contribution in [1.29, 1.82) is 0 Å². The van der Waals surface area contributed by atoms with E-state index >= 15 is 0 Å². The molecule has 0 radical (unpaired) electrons. The second-order valence-electron chi connectivity index (χ2n) is 5.71. The Hall–Kier alpha value is -1.20. The predicted octanol–water partition coefficient (Wildman–Crippen LogP) is 1.19. The van der Waals surface area contributed by atoms with Crippen LogP contribution in [-0.4, -0.2) is 58.5 Å². The molecule has 0 bridgehead atoms. The molecule has 3 rings (SSSR count). The zero-order chi connectivity index (χ0) is 13.2. The van der Waals surface area contributed by atoms with Gasteiger partial charge >= 0.3 is 0 Å². The van der Waals surface area contributed by atoms with Crippen LogP contribution in [0.15, 0.2) is 12.4 Å². The van der Waals surface area contributed by atoms with Gasteiger partial charge in [0.05, 0.1) is 18.1 Å². The fraction of sp³-hybridized carbons (Fsp3) is 0.714. The van der Waals surface area contributed by atoms with Crippen LogP contribution in [0.4, 0.5) is 5.82 Å². The number of rotatable bonds is 3. The van der Waals surface area contributed by atoms with Crippen molar-refractivity contribution < 1.29 is 0 Å². The van der Waals surface area contributed by atoms with E-state index in [0.717, 1.165) is 24.1 Å². The summed E-state index contributed by atoms with van der Waals surface area (Å²) < 4.78 is 0. The van der Waals surface area contributed by atoms with Gasteiger partial charge in [-0.25, -0.2) is 4.98 Å². The normalized spacial score (nSPS) is 28.3. The molecule has 2 aliphatic rings. The minimum Gasteiger partial charge on any atom is -0.372 e. The summed E-state index contributed by atoms with van der Waals surface area (Å²) in [6.07, 6.45) is 6.42. The Morgan fingerprint density at radius 2 is 2.21 bits per heavy atom. The first-order chi connectivity index (χ1) is 9.26. The summed E-state index contributed by atoms with van der Waals surface area (Å²) in [6, 6.07) is 1.38. The Balaban J connectivity index is 1.64. The molecule has 2 unspecified atom stereocenters. The Morgan fingerprint density at radius 1 is 1.32 bits per heavy atom. The summed E-state index contributed by atoms with van der Waals surface area (Å²) in [4.78, 5) is 14.0. The summed E-state index contributed by atoms with van der Waals surface area (Å²) >= 11 is 0. The Kier molecular flexibility index (Phi) is 3.66. The lowest BCUT2D eigenvalue weighted by Crippen LogP contribution is -2.54. The van der Waals surface area contributed by atoms with E-state index in [0.29, 0.717) is 6.04 Å². The lowest BCUT2D eigenvalue weighted by molar-refractivity contribution is 0.0531. The van der Waals surface area contributed by atoms with Crippen molar-refractivity contribution in [3.63, 3.8) is 0 Å². The maximum atomic E-state index is 4.48. The van der Waals surface area contributed by atoms with Crippen LogP contribution in [0.3, 0.4) is 0 Å². The van der Waals surface area contributed by atoms with Crippen molar-refractivity contribution in [2.45, 2.75) is 38.4 Å². The van der Waals surface area contributed by atoms with Gasteiger partial charge in [-0.1, -0.05) is 0 Å². The van der Waals surface area contributed by atoms with Crippen molar-refractivity contribution in [2.24, 2.45) is 0 Å². The largest absolute Gasteiger partial charge is 0.372 e. The monoisotopic (exact) mass is 261 g/mol. The predicted molar refractivity (Wildman–Crippen MR) is 76.0 cm³/mol. The fourth-order valence-corrected chi connectivity index (χ4v) is 3.24. The van der Waals surface area contributed by atoms with Gasteiger partial charge < -0.3 is 5.32 Å². The Morgan fingerprint density at radius 3 is 2.95 bits per heavy atom. The zero-order valence-electron chi connectivity index (χ0n) is 11.8. The Bertz CT molecular complexity index is 418. The number of hydrogen-bond acceptors (Lipinski definition) is 5. The SMILES string of the molecule is CNc1cnc(CN2CC3CCCN3CC2C)cn1. The summed E-state index contributed by atoms with van der Waals surface area (Å²) in [7, 11) is 1.87. The number of nitrogens with zero attached hydrogens (tertiary/aromatic N) is 4. The summed E-state index contributed by atoms with van der Waals surface area (Å²) in [6.45, 7) is 6.91. The van der Waals surface area contributed by atoms with Crippen molar-refractivity contribution in [2.75, 3.05) is 32.0 Å². The van der Waals surface area contributed by atoms with Crippen LogP contribution in [-0.2, 0) is 6.54 Å². The molecule has 1 aromatic heterocycles. The van der Waals surface area contributed by atoms with Crippen LogP contribution in [0.2, 0.25) is 0 Å². The van der Waals surface area contributed by atoms with Gasteiger partial charge in [0.15, 0.2) is 0 Å². The highest BCUT2D eigenvalue weighted by Crippen LogP contribution is 2.25. The second kappa shape index (κ2) is 5.43. The van der Waals surface area contributed by atoms with E-state index in [1.54, 1.807) is 0 Å². The van der Waals surface area contributed by atoms with Crippen LogP contribution in [0.1, 0.15) is 25.5 Å². The van der Waals surface area contributed by atoms with Crippen molar-refractivity contribution in [1.82, 2.24) is 19.8 Å². The summed E-state index contributed by atoms with van der Waals surface area (Å²) in [5, 5.41) is 3.00. The standard InChI is InChI=1S/C14H23N5/c1-11-8-18-5-3-4-13(18)10-19(11)9-12-6-17-14(15-2)7-16-12/h6-7,11,13H,3-5,8-10H2,1-2H3,(H,15,17). The highest BCUT2D eigenvalue weighted by atomic mass is 15.3. The van der Waals surface area contributed by atoms with E-state index in [1.807, 2.05) is 19.4 Å². The van der Waals surface area contributed by atoms with E-state index < -0.39 is 0 Å². The van der Waals surface area contributed by atoms with E-state index in [9.17, 15) is 0 Å². The highest BCUT2D eigenvalue weighted by molar-refractivity contribution is 5.29. The van der Waals surface area contributed by atoms with Gasteiger partial charge in [-0.3, -0.25) is 14.8 Å². The maximum Gasteiger partial charge on any atom is 0.144 e. The second-order valence-corrected chi connectivity index (χ2v) is 5.71. The molecule has 1 aromatic rings. The third kappa shape index (κ3) is 2.72. The molecule has 0 aromatic carbocycles. The van der Waals surface area contributed by atoms with Gasteiger partial charge in [-0.2, -0.15) is 0 Å². The lowest BCUT2D eigenvalue weighted by atomic mass is 10.1. The number of aromatic nitrogens is 2. The van der Waals surface area contributed by atoms with Crippen LogP contribution < -0.4 is 5.32 Å². The van der Waals surface area contributed by atoms with Crippen LogP contribution in [0, 0.1) is 0 Å². The fourth-order valence-electron chi connectivity index (χ4n) is 3.24. The molecule has 1 N–H and O–H groups in total. The molecule has 3 heterocycles. The average Bonchev–Trinajstić information content (AvgIpc) is 2.87. The first-order valence-corrected chi connectivity index (χ1v) is 7.23. The Labute approximate surface area is 115 Å². The van der Waals surface area contributed by atoms with Gasteiger partial charge in [0.2, 0.25) is 0 Å². The molecule has 0 amide bonds. The topological polar surface area (TPSA) is 44.3 Å². The van der Waals surface area contributed by atoms with Crippen molar-refractivity contribution in [3.05, 3.63) is 18.1 Å². The van der Waals surface area contributed by atoms with Crippen molar-refractivity contribution >= 4 is 5.82 Å². The number of piperazine rings is 1. The molecule has 0 spiro atoms. The molecular weight excluding hydrogens is 238 g/mol. The number of hydrogen-bond donors (Lipinski definition) is 1. The third-order valence-electron chi connectivity index (χ3n) is 4.39. The minimum absolute atomic E-state index is 0.611. The third-order valence-corrected chi connectivity index (χ3v) is 4.39. The number of anilines is 1. The van der Waals surface area contributed by atoms with E-state index in [4.69, 9.17) is 0 Å². The first kappa shape index (κ1) is 12.8. The van der Waals surface area contributed by atoms with E-state index in [1.165, 1.54) is 32.5 Å². The van der Waals surface area contributed by atoms with Crippen LogP contribution in [0.25, 0.3) is 0 Å². The highest BCUT2D eigenvalue weighted by Gasteiger charge is 2.34. The van der Waals surface area contributed by atoms with Gasteiger partial charge in [-0.15, -0.1) is 0 Å². The smallest absolute Gasteiger partial charge is 0.144 e. The molecule has 104 valence electrons. The maximum absolute atomic E-state index is 4.48. The van der Waals surface area contributed by atoms with Gasteiger partial charge in [0.25, 0.3) is 0 Å². The van der Waals surface area contributed by atoms with Crippen molar-refractivity contribution in [3.8, 4) is 0 Å². The molecule has 0 aliphatic carbocycles. The number of fused-ring (bicyclic) bond motifs is 1.